The van der Waals surface area contributed by atoms with Gasteiger partial charge in [-0.05, 0) is 44.5 Å². The first kappa shape index (κ1) is 20.0. The lowest BCUT2D eigenvalue weighted by molar-refractivity contribution is 0.102. The predicted molar refractivity (Wildman–Crippen MR) is 102 cm³/mol. The number of pyridine rings is 1. The molecule has 0 spiro atoms. The Balaban J connectivity index is 2.15. The van der Waals surface area contributed by atoms with E-state index in [-0.39, 0.29) is 17.0 Å². The minimum atomic E-state index is -0.337. The van der Waals surface area contributed by atoms with Crippen molar-refractivity contribution >= 4 is 23.2 Å². The molecule has 26 heavy (non-hydrogen) atoms. The number of carbonyl (C=O) groups excluding carboxylic acids is 1. The zero-order chi connectivity index (χ0) is 19.1. The lowest BCUT2D eigenvalue weighted by atomic mass is 10.2. The fourth-order valence-corrected chi connectivity index (χ4v) is 2.35. The number of anilines is 1. The van der Waals surface area contributed by atoms with Crippen molar-refractivity contribution in [2.75, 3.05) is 25.6 Å². The van der Waals surface area contributed by atoms with Gasteiger partial charge < -0.3 is 19.5 Å². The number of aryl methyl sites for hydroxylation is 1. The standard InChI is InChI=1S/C19H23ClN2O4/c1-12(2)26-19-15(20)10-14(11-21-19)18(23)22-16-6-5-13(3)9-17(16)25-8-7-24-4/h5-6,9-12H,7-8H2,1-4H3,(H,22,23). The number of carbonyl (C=O) groups is 1. The predicted octanol–water partition coefficient (Wildman–Crippen LogP) is 4.11. The molecule has 0 saturated heterocycles. The summed E-state index contributed by atoms with van der Waals surface area (Å²) < 4.78 is 16.1. The van der Waals surface area contributed by atoms with Gasteiger partial charge in [0.1, 0.15) is 17.4 Å². The van der Waals surface area contributed by atoms with E-state index in [1.807, 2.05) is 32.9 Å². The molecule has 0 aliphatic rings. The van der Waals surface area contributed by atoms with Crippen LogP contribution in [0.1, 0.15) is 29.8 Å². The van der Waals surface area contributed by atoms with Gasteiger partial charge in [0.15, 0.2) is 0 Å². The van der Waals surface area contributed by atoms with E-state index in [2.05, 4.69) is 10.3 Å². The summed E-state index contributed by atoms with van der Waals surface area (Å²) in [5.41, 5.74) is 1.92. The molecule has 2 aromatic rings. The Morgan fingerprint density at radius 2 is 2.04 bits per heavy atom. The van der Waals surface area contributed by atoms with Gasteiger partial charge in [0.05, 0.1) is 24.0 Å². The number of rotatable bonds is 8. The van der Waals surface area contributed by atoms with Gasteiger partial charge >= 0.3 is 0 Å². The lowest BCUT2D eigenvalue weighted by Crippen LogP contribution is -2.15. The normalized spacial score (nSPS) is 10.7. The van der Waals surface area contributed by atoms with E-state index < -0.39 is 0 Å². The quantitative estimate of drug-likeness (QED) is 0.700. The molecule has 0 bridgehead atoms. The smallest absolute Gasteiger partial charge is 0.257 e. The summed E-state index contributed by atoms with van der Waals surface area (Å²) in [4.78, 5) is 16.7. The summed E-state index contributed by atoms with van der Waals surface area (Å²) in [7, 11) is 1.60. The summed E-state index contributed by atoms with van der Waals surface area (Å²) in [5, 5.41) is 3.11. The summed E-state index contributed by atoms with van der Waals surface area (Å²) in [6.07, 6.45) is 1.37. The molecule has 7 heteroatoms. The number of amides is 1. The maximum Gasteiger partial charge on any atom is 0.257 e. The van der Waals surface area contributed by atoms with Gasteiger partial charge in [-0.15, -0.1) is 0 Å². The van der Waals surface area contributed by atoms with E-state index in [4.69, 9.17) is 25.8 Å². The van der Waals surface area contributed by atoms with Crippen molar-refractivity contribution in [2.45, 2.75) is 26.9 Å². The fourth-order valence-electron chi connectivity index (χ4n) is 2.14. The van der Waals surface area contributed by atoms with Gasteiger partial charge in [0.25, 0.3) is 5.91 Å². The first-order valence-electron chi connectivity index (χ1n) is 8.26. The molecule has 0 fully saturated rings. The molecule has 1 N–H and O–H groups in total. The molecule has 0 atom stereocenters. The van der Waals surface area contributed by atoms with Gasteiger partial charge in [-0.25, -0.2) is 4.98 Å². The van der Waals surface area contributed by atoms with Gasteiger partial charge in [0.2, 0.25) is 5.88 Å². The van der Waals surface area contributed by atoms with E-state index in [9.17, 15) is 4.79 Å². The molecule has 0 unspecified atom stereocenters. The Kier molecular flexibility index (Phi) is 7.24. The summed E-state index contributed by atoms with van der Waals surface area (Å²) in [5.74, 6) is 0.544. The van der Waals surface area contributed by atoms with Crippen molar-refractivity contribution in [1.82, 2.24) is 4.98 Å². The molecule has 2 rings (SSSR count). The number of halogens is 1. The first-order valence-corrected chi connectivity index (χ1v) is 8.64. The average Bonchev–Trinajstić information content (AvgIpc) is 2.58. The third-order valence-electron chi connectivity index (χ3n) is 3.35. The highest BCUT2D eigenvalue weighted by Gasteiger charge is 2.14. The van der Waals surface area contributed by atoms with Crippen LogP contribution in [-0.4, -0.2) is 37.3 Å². The SMILES string of the molecule is COCCOc1cc(C)ccc1NC(=O)c1cnc(OC(C)C)c(Cl)c1. The average molecular weight is 379 g/mol. The highest BCUT2D eigenvalue weighted by atomic mass is 35.5. The zero-order valence-corrected chi connectivity index (χ0v) is 16.1. The van der Waals surface area contributed by atoms with Crippen LogP contribution in [-0.2, 0) is 4.74 Å². The maximum atomic E-state index is 12.5. The van der Waals surface area contributed by atoms with Crippen LogP contribution in [0, 0.1) is 6.92 Å². The van der Waals surface area contributed by atoms with Crippen LogP contribution in [0.2, 0.25) is 5.02 Å². The minimum Gasteiger partial charge on any atom is -0.489 e. The van der Waals surface area contributed by atoms with Crippen LogP contribution in [0.3, 0.4) is 0 Å². The van der Waals surface area contributed by atoms with Crippen molar-refractivity contribution in [3.05, 3.63) is 46.6 Å². The number of hydrogen-bond donors (Lipinski definition) is 1. The Morgan fingerprint density at radius 3 is 2.69 bits per heavy atom. The second kappa shape index (κ2) is 9.40. The minimum absolute atomic E-state index is 0.0564. The molecule has 1 aromatic heterocycles. The maximum absolute atomic E-state index is 12.5. The van der Waals surface area contributed by atoms with Crippen LogP contribution in [0.5, 0.6) is 11.6 Å². The van der Waals surface area contributed by atoms with Crippen molar-refractivity contribution in [3.8, 4) is 11.6 Å². The van der Waals surface area contributed by atoms with Crippen LogP contribution in [0.25, 0.3) is 0 Å². The number of nitrogens with zero attached hydrogens (tertiary/aromatic N) is 1. The first-order chi connectivity index (χ1) is 12.4. The third kappa shape index (κ3) is 5.61. The Labute approximate surface area is 158 Å². The molecule has 0 aliphatic carbocycles. The summed E-state index contributed by atoms with van der Waals surface area (Å²) in [6, 6.07) is 7.07. The highest BCUT2D eigenvalue weighted by molar-refractivity contribution is 6.32. The number of nitrogens with one attached hydrogen (secondary N) is 1. The largest absolute Gasteiger partial charge is 0.489 e. The van der Waals surface area contributed by atoms with E-state index in [1.165, 1.54) is 12.3 Å². The number of methoxy groups -OCH3 is 1. The fraction of sp³-hybridized carbons (Fsp3) is 0.368. The van der Waals surface area contributed by atoms with Crippen LogP contribution in [0.4, 0.5) is 5.69 Å². The number of ether oxygens (including phenoxy) is 3. The van der Waals surface area contributed by atoms with E-state index in [0.29, 0.717) is 36.1 Å². The van der Waals surface area contributed by atoms with Gasteiger partial charge in [-0.2, -0.15) is 0 Å². The molecule has 6 nitrogen and oxygen atoms in total. The lowest BCUT2D eigenvalue weighted by Gasteiger charge is -2.14. The van der Waals surface area contributed by atoms with E-state index >= 15 is 0 Å². The number of hydrogen-bond acceptors (Lipinski definition) is 5. The monoisotopic (exact) mass is 378 g/mol. The van der Waals surface area contributed by atoms with Crippen LogP contribution >= 0.6 is 11.6 Å². The number of benzene rings is 1. The zero-order valence-electron chi connectivity index (χ0n) is 15.3. The molecule has 0 aliphatic heterocycles. The molecule has 0 saturated carbocycles. The van der Waals surface area contributed by atoms with Gasteiger partial charge in [-0.1, -0.05) is 17.7 Å². The Bertz CT molecular complexity index is 765. The van der Waals surface area contributed by atoms with Crippen molar-refractivity contribution < 1.29 is 19.0 Å². The molecule has 0 radical (unpaired) electrons. The molecule has 1 heterocycles. The second-order valence-electron chi connectivity index (χ2n) is 5.97. The van der Waals surface area contributed by atoms with Gasteiger partial charge in [0, 0.05) is 13.3 Å². The molecule has 1 amide bonds. The Morgan fingerprint density at radius 1 is 1.27 bits per heavy atom. The van der Waals surface area contributed by atoms with Crippen molar-refractivity contribution in [3.63, 3.8) is 0 Å². The summed E-state index contributed by atoms with van der Waals surface area (Å²) >= 11 is 6.15. The van der Waals surface area contributed by atoms with Gasteiger partial charge in [-0.3, -0.25) is 4.79 Å². The van der Waals surface area contributed by atoms with E-state index in [0.717, 1.165) is 5.56 Å². The number of aromatic nitrogens is 1. The molecule has 140 valence electrons. The summed E-state index contributed by atoms with van der Waals surface area (Å²) in [6.45, 7) is 6.55. The van der Waals surface area contributed by atoms with Crippen molar-refractivity contribution in [2.24, 2.45) is 0 Å². The third-order valence-corrected chi connectivity index (χ3v) is 3.62. The van der Waals surface area contributed by atoms with Crippen molar-refractivity contribution in [1.29, 1.82) is 0 Å². The Hall–Kier alpha value is -2.31. The van der Waals surface area contributed by atoms with E-state index in [1.54, 1.807) is 13.2 Å². The second-order valence-corrected chi connectivity index (χ2v) is 6.38. The van der Waals surface area contributed by atoms with Crippen LogP contribution in [0.15, 0.2) is 30.5 Å². The molecule has 1 aromatic carbocycles. The highest BCUT2D eigenvalue weighted by Crippen LogP contribution is 2.28. The molecular formula is C19H23ClN2O4. The topological polar surface area (TPSA) is 69.7 Å². The molecular weight excluding hydrogens is 356 g/mol. The van der Waals surface area contributed by atoms with Crippen LogP contribution < -0.4 is 14.8 Å².